The lowest BCUT2D eigenvalue weighted by molar-refractivity contribution is 0.311. The zero-order valence-electron chi connectivity index (χ0n) is 10.8. The Hall–Kier alpha value is -1.79. The number of fused-ring (bicyclic) bond motifs is 3. The van der Waals surface area contributed by atoms with Gasteiger partial charge in [0.15, 0.2) is 0 Å². The van der Waals surface area contributed by atoms with Gasteiger partial charge in [0.1, 0.15) is 17.0 Å². The van der Waals surface area contributed by atoms with Crippen molar-refractivity contribution in [2.24, 2.45) is 0 Å². The maximum atomic E-state index is 8.91. The van der Waals surface area contributed by atoms with Crippen LogP contribution in [-0.2, 0) is 0 Å². The predicted octanol–water partition coefficient (Wildman–Crippen LogP) is 2.26. The third kappa shape index (κ3) is 2.02. The van der Waals surface area contributed by atoms with Crippen molar-refractivity contribution in [3.63, 3.8) is 0 Å². The number of hydrogen-bond acceptors (Lipinski definition) is 6. The fraction of sp³-hybridized carbons (Fsp3) is 0.308. The average molecular weight is 274 g/mol. The van der Waals surface area contributed by atoms with Gasteiger partial charge in [0.2, 0.25) is 0 Å². The molecule has 0 atom stereocenters. The molecule has 19 heavy (non-hydrogen) atoms. The van der Waals surface area contributed by atoms with E-state index in [2.05, 4.69) is 33.3 Å². The van der Waals surface area contributed by atoms with Gasteiger partial charge in [-0.05, 0) is 25.5 Å². The molecule has 0 spiro atoms. The monoisotopic (exact) mass is 274 g/mol. The molecule has 0 bridgehead atoms. The van der Waals surface area contributed by atoms with Crippen LogP contribution in [0.4, 0.5) is 5.82 Å². The molecule has 0 unspecified atom stereocenters. The number of anilines is 1. The van der Waals surface area contributed by atoms with Gasteiger partial charge in [0.25, 0.3) is 0 Å². The van der Waals surface area contributed by atoms with Crippen LogP contribution in [0, 0.1) is 13.8 Å². The molecule has 0 amide bonds. The summed E-state index contributed by atoms with van der Waals surface area (Å²) in [5.74, 6) is 0.763. The molecule has 98 valence electrons. The minimum Gasteiger partial charge on any atom is -0.395 e. The first-order valence-corrected chi connectivity index (χ1v) is 6.88. The summed E-state index contributed by atoms with van der Waals surface area (Å²) in [6.45, 7) is 4.62. The third-order valence-electron chi connectivity index (χ3n) is 2.96. The molecule has 0 saturated carbocycles. The molecule has 3 aromatic rings. The van der Waals surface area contributed by atoms with E-state index in [1.54, 1.807) is 17.7 Å². The Kier molecular flexibility index (Phi) is 3.04. The number of pyridine rings is 1. The molecule has 3 rings (SSSR count). The Morgan fingerprint density at radius 3 is 2.95 bits per heavy atom. The van der Waals surface area contributed by atoms with Crippen molar-refractivity contribution in [2.45, 2.75) is 13.8 Å². The highest BCUT2D eigenvalue weighted by Gasteiger charge is 2.14. The zero-order chi connectivity index (χ0) is 13.4. The van der Waals surface area contributed by atoms with E-state index in [0.29, 0.717) is 6.54 Å². The van der Waals surface area contributed by atoms with Gasteiger partial charge in [-0.2, -0.15) is 0 Å². The fourth-order valence-corrected chi connectivity index (χ4v) is 3.43. The lowest BCUT2D eigenvalue weighted by atomic mass is 10.1. The summed E-state index contributed by atoms with van der Waals surface area (Å²) in [5, 5.41) is 13.1. The maximum absolute atomic E-state index is 8.91. The van der Waals surface area contributed by atoms with Crippen LogP contribution in [0.25, 0.3) is 20.4 Å². The molecule has 5 nitrogen and oxygen atoms in total. The highest BCUT2D eigenvalue weighted by Crippen LogP contribution is 2.36. The summed E-state index contributed by atoms with van der Waals surface area (Å²) in [6.07, 6.45) is 1.55. The molecule has 0 radical (unpaired) electrons. The van der Waals surface area contributed by atoms with Crippen LogP contribution in [-0.4, -0.2) is 33.2 Å². The molecule has 3 heterocycles. The van der Waals surface area contributed by atoms with E-state index in [9.17, 15) is 0 Å². The lowest BCUT2D eigenvalue weighted by Crippen LogP contribution is -2.06. The van der Waals surface area contributed by atoms with E-state index in [0.717, 1.165) is 31.9 Å². The second-order valence-electron chi connectivity index (χ2n) is 4.41. The Morgan fingerprint density at radius 2 is 2.16 bits per heavy atom. The van der Waals surface area contributed by atoms with Gasteiger partial charge in [-0.25, -0.2) is 15.0 Å². The zero-order valence-corrected chi connectivity index (χ0v) is 11.6. The van der Waals surface area contributed by atoms with Crippen molar-refractivity contribution in [1.29, 1.82) is 0 Å². The van der Waals surface area contributed by atoms with Gasteiger partial charge in [-0.3, -0.25) is 0 Å². The Bertz CT molecular complexity index is 753. The van der Waals surface area contributed by atoms with Gasteiger partial charge in [-0.1, -0.05) is 0 Å². The topological polar surface area (TPSA) is 70.9 Å². The summed E-state index contributed by atoms with van der Waals surface area (Å²) in [6, 6.07) is 2.07. The predicted molar refractivity (Wildman–Crippen MR) is 77.8 cm³/mol. The highest BCUT2D eigenvalue weighted by molar-refractivity contribution is 7.26. The van der Waals surface area contributed by atoms with Crippen LogP contribution < -0.4 is 5.32 Å². The van der Waals surface area contributed by atoms with Gasteiger partial charge in [-0.15, -0.1) is 11.3 Å². The SMILES string of the molecule is Cc1cc(C)c2c(n1)sc1c(NCCO)ncnc12. The van der Waals surface area contributed by atoms with E-state index >= 15 is 0 Å². The molecule has 0 aliphatic rings. The summed E-state index contributed by atoms with van der Waals surface area (Å²) in [5.41, 5.74) is 3.12. The number of aliphatic hydroxyl groups is 1. The maximum Gasteiger partial charge on any atom is 0.147 e. The Balaban J connectivity index is 2.30. The third-order valence-corrected chi connectivity index (χ3v) is 4.03. The molecule has 0 saturated heterocycles. The number of nitrogens with one attached hydrogen (secondary N) is 1. The number of aliphatic hydroxyl groups excluding tert-OH is 1. The molecule has 0 aromatic carbocycles. The van der Waals surface area contributed by atoms with Crippen molar-refractivity contribution in [3.05, 3.63) is 23.7 Å². The minimum atomic E-state index is 0.0762. The number of aromatic nitrogens is 3. The Labute approximate surface area is 114 Å². The molecule has 0 fully saturated rings. The van der Waals surface area contributed by atoms with Crippen LogP contribution in [0.2, 0.25) is 0 Å². The highest BCUT2D eigenvalue weighted by atomic mass is 32.1. The van der Waals surface area contributed by atoms with Crippen molar-refractivity contribution >= 4 is 37.6 Å². The molecular formula is C13H14N4OS. The average Bonchev–Trinajstić information content (AvgIpc) is 2.74. The molecular weight excluding hydrogens is 260 g/mol. The van der Waals surface area contributed by atoms with Crippen LogP contribution in [0.15, 0.2) is 12.4 Å². The lowest BCUT2D eigenvalue weighted by Gasteiger charge is -2.03. The second kappa shape index (κ2) is 4.71. The smallest absolute Gasteiger partial charge is 0.147 e. The van der Waals surface area contributed by atoms with Crippen molar-refractivity contribution in [2.75, 3.05) is 18.5 Å². The summed E-state index contributed by atoms with van der Waals surface area (Å²) in [7, 11) is 0. The van der Waals surface area contributed by atoms with Crippen molar-refractivity contribution in [3.8, 4) is 0 Å². The number of aryl methyl sites for hydroxylation is 2. The minimum absolute atomic E-state index is 0.0762. The van der Waals surface area contributed by atoms with E-state index in [4.69, 9.17) is 5.11 Å². The van der Waals surface area contributed by atoms with Crippen LogP contribution in [0.3, 0.4) is 0 Å². The van der Waals surface area contributed by atoms with Gasteiger partial charge in [0.05, 0.1) is 16.8 Å². The van der Waals surface area contributed by atoms with Gasteiger partial charge >= 0.3 is 0 Å². The van der Waals surface area contributed by atoms with Gasteiger partial charge < -0.3 is 10.4 Å². The number of thiophene rings is 1. The first-order valence-electron chi connectivity index (χ1n) is 6.07. The van der Waals surface area contributed by atoms with Gasteiger partial charge in [0, 0.05) is 17.6 Å². The van der Waals surface area contributed by atoms with E-state index in [1.807, 2.05) is 6.92 Å². The first kappa shape index (κ1) is 12.3. The van der Waals surface area contributed by atoms with Crippen LogP contribution in [0.1, 0.15) is 11.3 Å². The molecule has 3 aromatic heterocycles. The number of nitrogens with zero attached hydrogens (tertiary/aromatic N) is 3. The molecule has 2 N–H and O–H groups in total. The molecule has 0 aliphatic carbocycles. The van der Waals surface area contributed by atoms with Crippen LogP contribution in [0.5, 0.6) is 0 Å². The van der Waals surface area contributed by atoms with Crippen LogP contribution >= 0.6 is 11.3 Å². The quantitative estimate of drug-likeness (QED) is 0.766. The number of hydrogen-bond donors (Lipinski definition) is 2. The molecule has 6 heteroatoms. The molecule has 0 aliphatic heterocycles. The number of rotatable bonds is 3. The normalized spacial score (nSPS) is 11.3. The fourth-order valence-electron chi connectivity index (χ4n) is 2.21. The summed E-state index contributed by atoms with van der Waals surface area (Å²) >= 11 is 1.59. The second-order valence-corrected chi connectivity index (χ2v) is 5.41. The standard InChI is InChI=1S/C13H14N4OS/c1-7-5-8(2)17-13-9(7)10-11(19-13)12(14-3-4-18)16-6-15-10/h5-6,18H,3-4H2,1-2H3,(H,14,15,16). The van der Waals surface area contributed by atoms with E-state index < -0.39 is 0 Å². The largest absolute Gasteiger partial charge is 0.395 e. The van der Waals surface area contributed by atoms with E-state index in [-0.39, 0.29) is 6.61 Å². The summed E-state index contributed by atoms with van der Waals surface area (Å²) < 4.78 is 0.993. The summed E-state index contributed by atoms with van der Waals surface area (Å²) in [4.78, 5) is 14.2. The Morgan fingerprint density at radius 1 is 1.32 bits per heavy atom. The van der Waals surface area contributed by atoms with Crippen molar-refractivity contribution in [1.82, 2.24) is 15.0 Å². The first-order chi connectivity index (χ1) is 9.20. The van der Waals surface area contributed by atoms with Crippen molar-refractivity contribution < 1.29 is 5.11 Å². The van der Waals surface area contributed by atoms with E-state index in [1.165, 1.54) is 5.56 Å².